The first-order valence-electron chi connectivity index (χ1n) is 5.25. The molecule has 0 radical (unpaired) electrons. The molecule has 0 saturated heterocycles. The van der Waals surface area contributed by atoms with E-state index in [1.807, 2.05) is 0 Å². The second kappa shape index (κ2) is 4.06. The van der Waals surface area contributed by atoms with Gasteiger partial charge in [-0.3, -0.25) is 4.79 Å². The Balaban J connectivity index is 2.57. The molecule has 0 spiro atoms. The Kier molecular flexibility index (Phi) is 2.86. The van der Waals surface area contributed by atoms with Crippen molar-refractivity contribution in [2.45, 2.75) is 30.8 Å². The molecule has 1 amide bonds. The molecule has 1 aliphatic carbocycles. The molecule has 1 aliphatic rings. The lowest BCUT2D eigenvalue weighted by Crippen LogP contribution is -2.18. The first-order valence-corrected chi connectivity index (χ1v) is 7.14. The number of rotatable bonds is 3. The second-order valence-corrected chi connectivity index (χ2v) is 6.06. The highest BCUT2D eigenvalue weighted by Gasteiger charge is 2.23. The van der Waals surface area contributed by atoms with Gasteiger partial charge in [0.05, 0.1) is 12.1 Å². The van der Waals surface area contributed by atoms with Crippen LogP contribution in [0.5, 0.6) is 0 Å². The number of aryl methyl sites for hydroxylation is 1. The van der Waals surface area contributed by atoms with Gasteiger partial charge in [0.1, 0.15) is 0 Å². The third kappa shape index (κ3) is 2.44. The van der Waals surface area contributed by atoms with Crippen LogP contribution in [-0.2, 0) is 33.9 Å². The van der Waals surface area contributed by atoms with Crippen LogP contribution in [0.15, 0.2) is 5.16 Å². The van der Waals surface area contributed by atoms with Crippen LogP contribution in [0.2, 0.25) is 0 Å². The predicted octanol–water partition coefficient (Wildman–Crippen LogP) is -0.603. The fourth-order valence-corrected chi connectivity index (χ4v) is 2.51. The molecule has 0 unspecified atom stereocenters. The molecule has 2 rings (SSSR count). The zero-order chi connectivity index (χ0) is 12.6. The lowest BCUT2D eigenvalue weighted by atomic mass is 10.1. The molecule has 0 aliphatic heterocycles. The van der Waals surface area contributed by atoms with Crippen LogP contribution >= 0.6 is 0 Å². The molecule has 92 valence electrons. The zero-order valence-electron chi connectivity index (χ0n) is 9.43. The lowest BCUT2D eigenvalue weighted by molar-refractivity contribution is -0.117. The van der Waals surface area contributed by atoms with Gasteiger partial charge in [-0.2, -0.15) is 0 Å². The number of fused-ring (bicyclic) bond motifs is 1. The number of aromatic nitrogens is 2. The van der Waals surface area contributed by atoms with Gasteiger partial charge in [-0.05, 0) is 24.8 Å². The van der Waals surface area contributed by atoms with Crippen LogP contribution in [0.4, 0.5) is 0 Å². The molecule has 0 atom stereocenters. The topological polar surface area (TPSA) is 103 Å². The van der Waals surface area contributed by atoms with Crippen molar-refractivity contribution in [3.05, 3.63) is 17.0 Å². The van der Waals surface area contributed by atoms with E-state index in [0.29, 0.717) is 5.69 Å². The Bertz CT molecular complexity index is 581. The predicted molar refractivity (Wildman–Crippen MR) is 60.1 cm³/mol. The summed E-state index contributed by atoms with van der Waals surface area (Å²) >= 11 is 0. The molecule has 0 saturated carbocycles. The van der Waals surface area contributed by atoms with Gasteiger partial charge in [0.2, 0.25) is 20.9 Å². The third-order valence-electron chi connectivity index (χ3n) is 2.67. The molecule has 0 fully saturated rings. The van der Waals surface area contributed by atoms with E-state index in [1.54, 1.807) is 0 Å². The average Bonchev–Trinajstić information content (AvgIpc) is 2.62. The smallest absolute Gasteiger partial charge is 0.247 e. The van der Waals surface area contributed by atoms with E-state index in [4.69, 9.17) is 5.73 Å². The Labute approximate surface area is 99.2 Å². The summed E-state index contributed by atoms with van der Waals surface area (Å²) in [5, 5.41) is -0.214. The van der Waals surface area contributed by atoms with Crippen LogP contribution in [0.1, 0.15) is 23.4 Å². The maximum absolute atomic E-state index is 11.4. The van der Waals surface area contributed by atoms with Gasteiger partial charge in [-0.25, -0.2) is 18.4 Å². The summed E-state index contributed by atoms with van der Waals surface area (Å²) in [4.78, 5) is 18.9. The van der Waals surface area contributed by atoms with Gasteiger partial charge in [-0.15, -0.1) is 0 Å². The number of primary amides is 1. The Morgan fingerprint density at radius 3 is 2.65 bits per heavy atom. The summed E-state index contributed by atoms with van der Waals surface area (Å²) in [6, 6.07) is 0. The van der Waals surface area contributed by atoms with Crippen molar-refractivity contribution >= 4 is 15.7 Å². The van der Waals surface area contributed by atoms with Crippen molar-refractivity contribution in [3.8, 4) is 0 Å². The van der Waals surface area contributed by atoms with Gasteiger partial charge in [0.15, 0.2) is 0 Å². The molecule has 2 N–H and O–H groups in total. The first-order chi connectivity index (χ1) is 7.88. The molecule has 1 aromatic heterocycles. The van der Waals surface area contributed by atoms with Crippen LogP contribution < -0.4 is 5.73 Å². The third-order valence-corrected chi connectivity index (χ3v) is 3.52. The number of hydrogen-bond acceptors (Lipinski definition) is 5. The molecular formula is C10H13N3O3S. The minimum atomic E-state index is -3.46. The van der Waals surface area contributed by atoms with Crippen molar-refractivity contribution in [1.29, 1.82) is 0 Å². The summed E-state index contributed by atoms with van der Waals surface area (Å²) in [7, 11) is -3.46. The van der Waals surface area contributed by atoms with Gasteiger partial charge in [0.25, 0.3) is 0 Å². The molecular weight excluding hydrogens is 242 g/mol. The Hall–Kier alpha value is -1.50. The molecule has 6 nitrogen and oxygen atoms in total. The van der Waals surface area contributed by atoms with E-state index in [9.17, 15) is 13.2 Å². The first kappa shape index (κ1) is 12.0. The van der Waals surface area contributed by atoms with E-state index >= 15 is 0 Å². The SMILES string of the molecule is CS(=O)(=O)c1nc2c(c(CC(N)=O)n1)CCC2. The summed E-state index contributed by atoms with van der Waals surface area (Å²) < 4.78 is 22.9. The average molecular weight is 255 g/mol. The van der Waals surface area contributed by atoms with E-state index < -0.39 is 15.7 Å². The quantitative estimate of drug-likeness (QED) is 0.726. The van der Waals surface area contributed by atoms with Crippen LogP contribution in [0.3, 0.4) is 0 Å². The zero-order valence-corrected chi connectivity index (χ0v) is 10.2. The highest BCUT2D eigenvalue weighted by atomic mass is 32.2. The van der Waals surface area contributed by atoms with E-state index in [2.05, 4.69) is 9.97 Å². The van der Waals surface area contributed by atoms with Crippen molar-refractivity contribution in [1.82, 2.24) is 9.97 Å². The summed E-state index contributed by atoms with van der Waals surface area (Å²) in [6.45, 7) is 0. The summed E-state index contributed by atoms with van der Waals surface area (Å²) in [5.41, 5.74) is 7.21. The molecule has 7 heteroatoms. The van der Waals surface area contributed by atoms with Crippen molar-refractivity contribution in [2.75, 3.05) is 6.26 Å². The minimum absolute atomic E-state index is 0.0344. The number of sulfone groups is 1. The second-order valence-electron chi connectivity index (χ2n) is 4.15. The largest absolute Gasteiger partial charge is 0.369 e. The number of carbonyl (C=O) groups is 1. The van der Waals surface area contributed by atoms with Crippen molar-refractivity contribution in [3.63, 3.8) is 0 Å². The number of nitrogens with two attached hydrogens (primary N) is 1. The van der Waals surface area contributed by atoms with Crippen LogP contribution in [0, 0.1) is 0 Å². The number of carbonyl (C=O) groups excluding carboxylic acids is 1. The van der Waals surface area contributed by atoms with E-state index in [0.717, 1.165) is 36.8 Å². The lowest BCUT2D eigenvalue weighted by Gasteiger charge is -2.07. The molecule has 1 aromatic rings. The fraction of sp³-hybridized carbons (Fsp3) is 0.500. The van der Waals surface area contributed by atoms with Crippen molar-refractivity contribution in [2.24, 2.45) is 5.73 Å². The highest BCUT2D eigenvalue weighted by molar-refractivity contribution is 7.90. The van der Waals surface area contributed by atoms with Gasteiger partial charge in [0, 0.05) is 11.9 Å². The summed E-state index contributed by atoms with van der Waals surface area (Å²) in [6.07, 6.45) is 3.43. The molecule has 0 aromatic carbocycles. The van der Waals surface area contributed by atoms with E-state index in [1.165, 1.54) is 0 Å². The number of amides is 1. The molecule has 1 heterocycles. The van der Waals surface area contributed by atoms with Crippen LogP contribution in [0.25, 0.3) is 0 Å². The van der Waals surface area contributed by atoms with Crippen molar-refractivity contribution < 1.29 is 13.2 Å². The maximum Gasteiger partial charge on any atom is 0.247 e. The standard InChI is InChI=1S/C10H13N3O3S/c1-17(15,16)10-12-7-4-2-3-6(7)8(13-10)5-9(11)14/h2-5H2,1H3,(H2,11,14). The highest BCUT2D eigenvalue weighted by Crippen LogP contribution is 2.24. The number of nitrogens with zero attached hydrogens (tertiary/aromatic N) is 2. The van der Waals surface area contributed by atoms with Gasteiger partial charge < -0.3 is 5.73 Å². The molecule has 17 heavy (non-hydrogen) atoms. The normalized spacial score (nSPS) is 14.6. The fourth-order valence-electron chi connectivity index (χ4n) is 1.96. The maximum atomic E-state index is 11.4. The Morgan fingerprint density at radius 1 is 1.35 bits per heavy atom. The minimum Gasteiger partial charge on any atom is -0.369 e. The molecule has 0 bridgehead atoms. The monoisotopic (exact) mass is 255 g/mol. The van der Waals surface area contributed by atoms with Crippen LogP contribution in [-0.4, -0.2) is 30.5 Å². The van der Waals surface area contributed by atoms with Gasteiger partial charge >= 0.3 is 0 Å². The summed E-state index contributed by atoms with van der Waals surface area (Å²) in [5.74, 6) is -0.516. The number of hydrogen-bond donors (Lipinski definition) is 1. The van der Waals surface area contributed by atoms with Gasteiger partial charge in [-0.1, -0.05) is 0 Å². The van der Waals surface area contributed by atoms with E-state index in [-0.39, 0.29) is 11.6 Å². The Morgan fingerprint density at radius 2 is 2.06 bits per heavy atom.